The quantitative estimate of drug-likeness (QED) is 0.677. The summed E-state index contributed by atoms with van der Waals surface area (Å²) in [6.07, 6.45) is 1.03. The molecular weight excluding hydrogens is 366 g/mol. The first kappa shape index (κ1) is 20.4. The molecule has 0 unspecified atom stereocenters. The summed E-state index contributed by atoms with van der Waals surface area (Å²) >= 11 is 0. The lowest BCUT2D eigenvalue weighted by atomic mass is 10.1. The summed E-state index contributed by atoms with van der Waals surface area (Å²) in [5, 5.41) is 5.53. The van der Waals surface area contributed by atoms with E-state index < -0.39 is 15.9 Å². The number of hydrogen-bond donors (Lipinski definition) is 3. The van der Waals surface area contributed by atoms with Gasteiger partial charge >= 0.3 is 0 Å². The summed E-state index contributed by atoms with van der Waals surface area (Å²) < 4.78 is 25.0. The zero-order valence-corrected chi connectivity index (χ0v) is 16.3. The Morgan fingerprint density at radius 1 is 1.00 bits per heavy atom. The van der Waals surface area contributed by atoms with Gasteiger partial charge in [0.05, 0.1) is 17.5 Å². The van der Waals surface area contributed by atoms with Crippen molar-refractivity contribution in [2.24, 2.45) is 5.92 Å². The van der Waals surface area contributed by atoms with Gasteiger partial charge in [0.15, 0.2) is 0 Å². The van der Waals surface area contributed by atoms with Crippen LogP contribution >= 0.6 is 0 Å². The fraction of sp³-hybridized carbons (Fsp3) is 0.263. The maximum atomic E-state index is 12.6. The molecule has 0 fully saturated rings. The number of carbonyl (C=O) groups is 2. The van der Waals surface area contributed by atoms with Crippen LogP contribution in [-0.2, 0) is 10.0 Å². The molecule has 2 aromatic carbocycles. The molecule has 0 aliphatic heterocycles. The van der Waals surface area contributed by atoms with Gasteiger partial charge in [0.2, 0.25) is 10.0 Å². The smallest absolute Gasteiger partial charge is 0.255 e. The Labute approximate surface area is 159 Å². The van der Waals surface area contributed by atoms with E-state index in [1.165, 1.54) is 6.07 Å². The van der Waals surface area contributed by atoms with Gasteiger partial charge in [-0.05, 0) is 36.2 Å². The second-order valence-corrected chi connectivity index (χ2v) is 8.31. The molecule has 7 nitrogen and oxygen atoms in total. The third-order valence-corrected chi connectivity index (χ3v) is 4.13. The van der Waals surface area contributed by atoms with E-state index in [9.17, 15) is 18.0 Å². The second-order valence-electron chi connectivity index (χ2n) is 6.56. The number of para-hydroxylation sites is 1. The molecule has 0 aliphatic rings. The lowest BCUT2D eigenvalue weighted by Crippen LogP contribution is -2.28. The maximum Gasteiger partial charge on any atom is 0.255 e. The van der Waals surface area contributed by atoms with Crippen molar-refractivity contribution < 1.29 is 18.0 Å². The average Bonchev–Trinajstić information content (AvgIpc) is 2.59. The number of amides is 2. The predicted octanol–water partition coefficient (Wildman–Crippen LogP) is 2.70. The molecule has 8 heteroatoms. The van der Waals surface area contributed by atoms with Crippen molar-refractivity contribution in [3.63, 3.8) is 0 Å². The van der Waals surface area contributed by atoms with E-state index in [-0.39, 0.29) is 17.2 Å². The summed E-state index contributed by atoms with van der Waals surface area (Å²) in [6.45, 7) is 4.51. The van der Waals surface area contributed by atoms with Gasteiger partial charge in [-0.1, -0.05) is 32.0 Å². The van der Waals surface area contributed by atoms with Crippen molar-refractivity contribution in [2.75, 3.05) is 22.8 Å². The summed E-state index contributed by atoms with van der Waals surface area (Å²) in [5.41, 5.74) is 1.29. The number of benzene rings is 2. The van der Waals surface area contributed by atoms with E-state index in [1.807, 2.05) is 13.8 Å². The number of hydrogen-bond acceptors (Lipinski definition) is 4. The van der Waals surface area contributed by atoms with Crippen molar-refractivity contribution >= 4 is 33.2 Å². The highest BCUT2D eigenvalue weighted by atomic mass is 32.2. The van der Waals surface area contributed by atoms with Crippen molar-refractivity contribution in [1.82, 2.24) is 5.32 Å². The molecular formula is C19H23N3O4S. The topological polar surface area (TPSA) is 104 Å². The lowest BCUT2D eigenvalue weighted by molar-refractivity contribution is 0.0950. The van der Waals surface area contributed by atoms with Gasteiger partial charge in [-0.2, -0.15) is 0 Å². The first-order valence-electron chi connectivity index (χ1n) is 8.42. The molecule has 27 heavy (non-hydrogen) atoms. The summed E-state index contributed by atoms with van der Waals surface area (Å²) in [4.78, 5) is 24.9. The van der Waals surface area contributed by atoms with E-state index in [4.69, 9.17) is 0 Å². The van der Waals surface area contributed by atoms with E-state index in [0.29, 0.717) is 23.7 Å². The van der Waals surface area contributed by atoms with E-state index in [0.717, 1.165) is 6.26 Å². The Hall–Kier alpha value is -2.87. The Morgan fingerprint density at radius 3 is 2.37 bits per heavy atom. The number of carbonyl (C=O) groups excluding carboxylic acids is 2. The summed E-state index contributed by atoms with van der Waals surface area (Å²) in [6, 6.07) is 12.8. The van der Waals surface area contributed by atoms with Crippen molar-refractivity contribution in [2.45, 2.75) is 13.8 Å². The van der Waals surface area contributed by atoms with Crippen LogP contribution in [0.25, 0.3) is 0 Å². The van der Waals surface area contributed by atoms with Crippen LogP contribution in [0.15, 0.2) is 48.5 Å². The molecule has 0 aromatic heterocycles. The highest BCUT2D eigenvalue weighted by Gasteiger charge is 2.15. The zero-order chi connectivity index (χ0) is 20.0. The minimum absolute atomic E-state index is 0.265. The minimum atomic E-state index is -3.44. The normalized spacial score (nSPS) is 11.1. The minimum Gasteiger partial charge on any atom is -0.352 e. The van der Waals surface area contributed by atoms with Gasteiger partial charge in [-0.25, -0.2) is 8.42 Å². The molecule has 2 aromatic rings. The first-order chi connectivity index (χ1) is 12.7. The molecule has 0 aliphatic carbocycles. The summed E-state index contributed by atoms with van der Waals surface area (Å²) in [5.74, 6) is -0.413. The third kappa shape index (κ3) is 6.41. The van der Waals surface area contributed by atoms with Gasteiger partial charge in [0, 0.05) is 17.8 Å². The number of nitrogens with one attached hydrogen (secondary N) is 3. The van der Waals surface area contributed by atoms with Crippen LogP contribution in [0.2, 0.25) is 0 Å². The van der Waals surface area contributed by atoms with Crippen LogP contribution in [-0.4, -0.2) is 33.0 Å². The van der Waals surface area contributed by atoms with Crippen molar-refractivity contribution in [3.05, 3.63) is 59.7 Å². The van der Waals surface area contributed by atoms with Crippen molar-refractivity contribution in [1.29, 1.82) is 0 Å². The van der Waals surface area contributed by atoms with Crippen LogP contribution in [0.4, 0.5) is 11.4 Å². The molecule has 2 amide bonds. The molecule has 0 atom stereocenters. The Bertz CT molecular complexity index is 939. The second kappa shape index (κ2) is 8.68. The molecule has 2 rings (SSSR count). The van der Waals surface area contributed by atoms with Gasteiger partial charge in [0.1, 0.15) is 0 Å². The highest BCUT2D eigenvalue weighted by molar-refractivity contribution is 7.92. The molecule has 0 heterocycles. The van der Waals surface area contributed by atoms with Crippen LogP contribution in [0.5, 0.6) is 0 Å². The van der Waals surface area contributed by atoms with Gasteiger partial charge in [0.25, 0.3) is 11.8 Å². The zero-order valence-electron chi connectivity index (χ0n) is 15.4. The monoisotopic (exact) mass is 389 g/mol. The number of rotatable bonds is 7. The lowest BCUT2D eigenvalue weighted by Gasteiger charge is -2.13. The Morgan fingerprint density at radius 2 is 1.70 bits per heavy atom. The predicted molar refractivity (Wildman–Crippen MR) is 106 cm³/mol. The number of anilines is 2. The van der Waals surface area contributed by atoms with Crippen LogP contribution in [0.1, 0.15) is 34.6 Å². The molecule has 144 valence electrons. The average molecular weight is 389 g/mol. The largest absolute Gasteiger partial charge is 0.352 e. The number of sulfonamides is 1. The van der Waals surface area contributed by atoms with Crippen LogP contribution < -0.4 is 15.4 Å². The molecule has 0 saturated carbocycles. The summed E-state index contributed by atoms with van der Waals surface area (Å²) in [7, 11) is -3.44. The molecule has 0 spiro atoms. The van der Waals surface area contributed by atoms with Gasteiger partial charge in [-0.15, -0.1) is 0 Å². The molecule has 0 bridgehead atoms. The van der Waals surface area contributed by atoms with Crippen LogP contribution in [0, 0.1) is 5.92 Å². The highest BCUT2D eigenvalue weighted by Crippen LogP contribution is 2.18. The fourth-order valence-electron chi connectivity index (χ4n) is 2.31. The van der Waals surface area contributed by atoms with E-state index >= 15 is 0 Å². The molecule has 0 saturated heterocycles. The molecule has 0 radical (unpaired) electrons. The SMILES string of the molecule is CC(C)CNC(=O)c1ccccc1NC(=O)c1cccc(NS(C)(=O)=O)c1. The Kier molecular flexibility index (Phi) is 6.57. The van der Waals surface area contributed by atoms with Crippen molar-refractivity contribution in [3.8, 4) is 0 Å². The first-order valence-corrected chi connectivity index (χ1v) is 10.3. The van der Waals surface area contributed by atoms with E-state index in [1.54, 1.807) is 42.5 Å². The maximum absolute atomic E-state index is 12.6. The Balaban J connectivity index is 2.19. The molecule has 3 N–H and O–H groups in total. The van der Waals surface area contributed by atoms with Gasteiger partial charge < -0.3 is 10.6 Å². The third-order valence-electron chi connectivity index (χ3n) is 3.52. The van der Waals surface area contributed by atoms with Crippen LogP contribution in [0.3, 0.4) is 0 Å². The fourth-order valence-corrected chi connectivity index (χ4v) is 2.87. The standard InChI is InChI=1S/C19H23N3O4S/c1-13(2)12-20-19(24)16-9-4-5-10-17(16)21-18(23)14-7-6-8-15(11-14)22-27(3,25)26/h4-11,13,22H,12H2,1-3H3,(H,20,24)(H,21,23). The van der Waals surface area contributed by atoms with Gasteiger partial charge in [-0.3, -0.25) is 14.3 Å². The van der Waals surface area contributed by atoms with E-state index in [2.05, 4.69) is 15.4 Å².